The summed E-state index contributed by atoms with van der Waals surface area (Å²) in [5.41, 5.74) is 2.14. The maximum Gasteiger partial charge on any atom is 0.407 e. The first kappa shape index (κ1) is 17.0. The topological polar surface area (TPSA) is 59.0 Å². The third kappa shape index (κ3) is 3.31. The third-order valence-electron chi connectivity index (χ3n) is 5.10. The zero-order valence-electron chi connectivity index (χ0n) is 14.2. The van der Waals surface area contributed by atoms with Gasteiger partial charge in [0.25, 0.3) is 0 Å². The number of hydrogen-bond acceptors (Lipinski definition) is 3. The molecule has 5 nitrogen and oxygen atoms in total. The summed E-state index contributed by atoms with van der Waals surface area (Å²) in [6, 6.07) is 13.6. The second kappa shape index (κ2) is 7.08. The molecule has 1 fully saturated rings. The quantitative estimate of drug-likeness (QED) is 0.828. The van der Waals surface area contributed by atoms with Gasteiger partial charge in [-0.1, -0.05) is 35.9 Å². The van der Waals surface area contributed by atoms with Crippen molar-refractivity contribution in [2.45, 2.75) is 24.9 Å². The molecule has 4 rings (SSSR count). The van der Waals surface area contributed by atoms with E-state index in [9.17, 15) is 4.79 Å². The molecule has 1 amide bonds. The second-order valence-corrected chi connectivity index (χ2v) is 7.12. The first-order valence-corrected chi connectivity index (χ1v) is 9.15. The van der Waals surface area contributed by atoms with Crippen molar-refractivity contribution in [1.82, 2.24) is 4.90 Å². The van der Waals surface area contributed by atoms with E-state index in [-0.39, 0.29) is 12.0 Å². The summed E-state index contributed by atoms with van der Waals surface area (Å²) in [4.78, 5) is 12.6. The summed E-state index contributed by atoms with van der Waals surface area (Å²) in [6.07, 6.45) is 0.590. The van der Waals surface area contributed by atoms with Crippen LogP contribution in [-0.4, -0.2) is 35.8 Å². The molecule has 0 saturated carbocycles. The Kier molecular flexibility index (Phi) is 4.64. The summed E-state index contributed by atoms with van der Waals surface area (Å²) in [6.45, 7) is 1.55. The predicted octanol–water partition coefficient (Wildman–Crippen LogP) is 4.71. The Balaban J connectivity index is 1.52. The molecule has 26 heavy (non-hydrogen) atoms. The van der Waals surface area contributed by atoms with Crippen LogP contribution in [0.25, 0.3) is 0 Å². The lowest BCUT2D eigenvalue weighted by Crippen LogP contribution is -2.37. The highest BCUT2D eigenvalue weighted by Crippen LogP contribution is 2.44. The molecular weight excluding hydrogens is 354 g/mol. The van der Waals surface area contributed by atoms with Gasteiger partial charge in [0, 0.05) is 23.7 Å². The van der Waals surface area contributed by atoms with Crippen LogP contribution in [0.15, 0.2) is 42.5 Å². The van der Waals surface area contributed by atoms with E-state index in [2.05, 4.69) is 6.07 Å². The molecular formula is C20H20ClNO4. The van der Waals surface area contributed by atoms with Crippen LogP contribution in [-0.2, 0) is 0 Å². The Bertz CT molecular complexity index is 800. The zero-order chi connectivity index (χ0) is 18.1. The van der Waals surface area contributed by atoms with Gasteiger partial charge in [0.15, 0.2) is 17.6 Å². The van der Waals surface area contributed by atoms with Crippen LogP contribution in [0, 0.1) is 0 Å². The monoisotopic (exact) mass is 373 g/mol. The lowest BCUT2D eigenvalue weighted by Gasteiger charge is -2.33. The molecule has 2 aliphatic heterocycles. The highest BCUT2D eigenvalue weighted by atomic mass is 35.5. The Morgan fingerprint density at radius 3 is 2.54 bits per heavy atom. The molecule has 136 valence electrons. The maximum absolute atomic E-state index is 11.1. The molecule has 0 spiro atoms. The van der Waals surface area contributed by atoms with Crippen LogP contribution >= 0.6 is 11.6 Å². The van der Waals surface area contributed by atoms with E-state index in [1.165, 1.54) is 4.90 Å². The third-order valence-corrected chi connectivity index (χ3v) is 5.36. The number of piperidine rings is 1. The van der Waals surface area contributed by atoms with E-state index >= 15 is 0 Å². The minimum Gasteiger partial charge on any atom is -0.485 e. The van der Waals surface area contributed by atoms with Crippen molar-refractivity contribution >= 4 is 17.7 Å². The number of hydrogen-bond donors (Lipinski definition) is 1. The number of nitrogens with zero attached hydrogens (tertiary/aromatic N) is 1. The number of carboxylic acid groups (broad SMARTS) is 1. The van der Waals surface area contributed by atoms with E-state index < -0.39 is 6.09 Å². The number of fused-ring (bicyclic) bond motifs is 1. The fourth-order valence-electron chi connectivity index (χ4n) is 3.67. The number of likely N-dealkylation sites (tertiary alicyclic amines) is 1. The van der Waals surface area contributed by atoms with Gasteiger partial charge in [-0.05, 0) is 42.5 Å². The lowest BCUT2D eigenvalue weighted by atomic mass is 9.88. The van der Waals surface area contributed by atoms with Gasteiger partial charge in [-0.3, -0.25) is 0 Å². The second-order valence-electron chi connectivity index (χ2n) is 6.69. The Labute approximate surface area is 157 Å². The van der Waals surface area contributed by atoms with Gasteiger partial charge >= 0.3 is 6.09 Å². The van der Waals surface area contributed by atoms with E-state index in [0.29, 0.717) is 24.7 Å². The van der Waals surface area contributed by atoms with E-state index in [4.69, 9.17) is 26.2 Å². The average molecular weight is 374 g/mol. The molecule has 2 aromatic rings. The van der Waals surface area contributed by atoms with Crippen LogP contribution in [0.3, 0.4) is 0 Å². The molecule has 1 N–H and O–H groups in total. The van der Waals surface area contributed by atoms with Gasteiger partial charge in [-0.2, -0.15) is 0 Å². The van der Waals surface area contributed by atoms with Crippen LogP contribution in [0.5, 0.6) is 11.5 Å². The van der Waals surface area contributed by atoms with Crippen LogP contribution in [0.2, 0.25) is 5.02 Å². The van der Waals surface area contributed by atoms with Gasteiger partial charge in [-0.25, -0.2) is 4.79 Å². The van der Waals surface area contributed by atoms with Crippen LogP contribution < -0.4 is 9.47 Å². The number of halogens is 1. The molecule has 6 heteroatoms. The number of amides is 1. The summed E-state index contributed by atoms with van der Waals surface area (Å²) in [7, 11) is 0. The molecule has 0 aromatic heterocycles. The molecule has 0 aliphatic carbocycles. The van der Waals surface area contributed by atoms with Gasteiger partial charge in [-0.15, -0.1) is 0 Å². The summed E-state index contributed by atoms with van der Waals surface area (Å²) in [5, 5.41) is 9.81. The molecule has 0 bridgehead atoms. The highest BCUT2D eigenvalue weighted by Gasteiger charge is 2.30. The Morgan fingerprint density at radius 1 is 1.12 bits per heavy atom. The number of benzene rings is 2. The standard InChI is InChI=1S/C20H20ClNO4/c21-15-6-4-14(5-7-15)18-12-25-19-16(2-1-3-17(19)26-18)13-8-10-22(11-9-13)20(23)24/h1-7,13,18H,8-12H2,(H,23,24). The van der Waals surface area contributed by atoms with Crippen molar-refractivity contribution in [1.29, 1.82) is 0 Å². The highest BCUT2D eigenvalue weighted by molar-refractivity contribution is 6.30. The molecule has 1 atom stereocenters. The summed E-state index contributed by atoms with van der Waals surface area (Å²) < 4.78 is 12.3. The van der Waals surface area contributed by atoms with Crippen molar-refractivity contribution in [2.75, 3.05) is 19.7 Å². The molecule has 2 heterocycles. The van der Waals surface area contributed by atoms with Crippen LogP contribution in [0.4, 0.5) is 4.79 Å². The summed E-state index contributed by atoms with van der Waals surface area (Å²) in [5.74, 6) is 1.83. The fourth-order valence-corrected chi connectivity index (χ4v) is 3.80. The summed E-state index contributed by atoms with van der Waals surface area (Å²) >= 11 is 5.96. The molecule has 1 saturated heterocycles. The lowest BCUT2D eigenvalue weighted by molar-refractivity contribution is 0.0887. The zero-order valence-corrected chi connectivity index (χ0v) is 15.0. The Morgan fingerprint density at radius 2 is 1.85 bits per heavy atom. The first-order valence-electron chi connectivity index (χ1n) is 8.77. The largest absolute Gasteiger partial charge is 0.485 e. The van der Waals surface area contributed by atoms with E-state index in [0.717, 1.165) is 35.5 Å². The van der Waals surface area contributed by atoms with Crippen molar-refractivity contribution in [3.05, 3.63) is 58.6 Å². The predicted molar refractivity (Wildman–Crippen MR) is 98.3 cm³/mol. The number of rotatable bonds is 2. The van der Waals surface area contributed by atoms with Gasteiger partial charge in [0.1, 0.15) is 6.61 Å². The number of carbonyl (C=O) groups is 1. The minimum absolute atomic E-state index is 0.163. The van der Waals surface area contributed by atoms with Crippen LogP contribution in [0.1, 0.15) is 36.0 Å². The smallest absolute Gasteiger partial charge is 0.407 e. The average Bonchev–Trinajstić information content (AvgIpc) is 2.68. The van der Waals surface area contributed by atoms with E-state index in [1.807, 2.05) is 36.4 Å². The molecule has 2 aromatic carbocycles. The van der Waals surface area contributed by atoms with Crippen molar-refractivity contribution in [3.63, 3.8) is 0 Å². The van der Waals surface area contributed by atoms with Gasteiger partial charge in [0.05, 0.1) is 0 Å². The number of ether oxygens (including phenoxy) is 2. The van der Waals surface area contributed by atoms with Gasteiger partial charge in [0.2, 0.25) is 0 Å². The Hall–Kier alpha value is -2.40. The van der Waals surface area contributed by atoms with Crippen molar-refractivity contribution in [3.8, 4) is 11.5 Å². The SMILES string of the molecule is O=C(O)N1CCC(c2cccc3c2OCC(c2ccc(Cl)cc2)O3)CC1. The molecule has 2 aliphatic rings. The maximum atomic E-state index is 11.1. The van der Waals surface area contributed by atoms with Crippen molar-refractivity contribution in [2.24, 2.45) is 0 Å². The normalized spacial score (nSPS) is 20.0. The van der Waals surface area contributed by atoms with Crippen molar-refractivity contribution < 1.29 is 19.4 Å². The van der Waals surface area contributed by atoms with E-state index in [1.54, 1.807) is 0 Å². The molecule has 0 radical (unpaired) electrons. The molecule has 1 unspecified atom stereocenters. The minimum atomic E-state index is -0.844. The number of para-hydroxylation sites is 1. The first-order chi connectivity index (χ1) is 12.6. The fraction of sp³-hybridized carbons (Fsp3) is 0.350. The van der Waals surface area contributed by atoms with Gasteiger partial charge < -0.3 is 19.5 Å².